The lowest BCUT2D eigenvalue weighted by molar-refractivity contribution is -0.137. The number of carbonyl (C=O) groups excluding carboxylic acids is 2. The van der Waals surface area contributed by atoms with E-state index in [0.717, 1.165) is 23.4 Å². The molecule has 0 saturated carbocycles. The number of aromatic nitrogens is 1. The number of alkyl halides is 3. The number of dihydropyridines is 1. The van der Waals surface area contributed by atoms with Gasteiger partial charge < -0.3 is 10.6 Å². The summed E-state index contributed by atoms with van der Waals surface area (Å²) >= 11 is 0. The van der Waals surface area contributed by atoms with Crippen LogP contribution in [0.25, 0.3) is 0 Å². The Morgan fingerprint density at radius 3 is 2.46 bits per heavy atom. The van der Waals surface area contributed by atoms with E-state index in [1.807, 2.05) is 30.3 Å². The molecule has 2 atom stereocenters. The SMILES string of the molecule is CC1=C(C(=O)Nc2cccc(C(F)(F)F)c2)[C@H](c2cccnc2)C2=C(C[C@H](c3ccccc3)CC2=O)N1. The lowest BCUT2D eigenvalue weighted by Crippen LogP contribution is -2.37. The van der Waals surface area contributed by atoms with Crippen LogP contribution in [0.5, 0.6) is 0 Å². The number of ketones is 1. The summed E-state index contributed by atoms with van der Waals surface area (Å²) in [5.41, 5.74) is 2.96. The van der Waals surface area contributed by atoms with E-state index in [-0.39, 0.29) is 23.0 Å². The number of anilines is 1. The first-order valence-corrected chi connectivity index (χ1v) is 11.9. The molecule has 188 valence electrons. The monoisotopic (exact) mass is 503 g/mol. The first kappa shape index (κ1) is 24.5. The zero-order valence-electron chi connectivity index (χ0n) is 20.0. The van der Waals surface area contributed by atoms with E-state index in [2.05, 4.69) is 15.6 Å². The fourth-order valence-corrected chi connectivity index (χ4v) is 5.15. The van der Waals surface area contributed by atoms with Crippen LogP contribution in [0, 0.1) is 0 Å². The third-order valence-electron chi connectivity index (χ3n) is 6.81. The Bertz CT molecular complexity index is 1410. The molecule has 2 heterocycles. The van der Waals surface area contributed by atoms with Crippen molar-refractivity contribution in [2.75, 3.05) is 5.32 Å². The number of halogens is 3. The van der Waals surface area contributed by atoms with Gasteiger partial charge in [0, 0.05) is 53.0 Å². The second kappa shape index (κ2) is 9.69. The number of benzene rings is 2. The Labute approximate surface area is 212 Å². The van der Waals surface area contributed by atoms with Crippen LogP contribution >= 0.6 is 0 Å². The molecule has 0 bridgehead atoms. The van der Waals surface area contributed by atoms with Crippen molar-refractivity contribution in [3.63, 3.8) is 0 Å². The molecule has 0 fully saturated rings. The standard InChI is InChI=1S/C29H24F3N3O2/c1-17-25(28(37)35-22-11-5-10-21(15-22)29(30,31)32)26(19-9-6-12-33-16-19)27-23(34-17)13-20(14-24(27)36)18-7-3-2-4-8-18/h2-12,15-16,20,26,34H,13-14H2,1H3,(H,35,37)/t20-,26-/m0/s1. The van der Waals surface area contributed by atoms with E-state index in [1.54, 1.807) is 31.5 Å². The molecule has 1 amide bonds. The largest absolute Gasteiger partial charge is 0.416 e. The summed E-state index contributed by atoms with van der Waals surface area (Å²) in [6, 6.07) is 17.8. The highest BCUT2D eigenvalue weighted by atomic mass is 19.4. The van der Waals surface area contributed by atoms with E-state index in [0.29, 0.717) is 29.7 Å². The van der Waals surface area contributed by atoms with Crippen LogP contribution in [0.15, 0.2) is 102 Å². The number of carbonyl (C=O) groups is 2. The third kappa shape index (κ3) is 4.91. The summed E-state index contributed by atoms with van der Waals surface area (Å²) in [5, 5.41) is 5.89. The quantitative estimate of drug-likeness (QED) is 0.451. The Hall–Kier alpha value is -4.20. The van der Waals surface area contributed by atoms with Gasteiger partial charge in [-0.1, -0.05) is 42.5 Å². The fraction of sp³-hybridized carbons (Fsp3) is 0.207. The van der Waals surface area contributed by atoms with Gasteiger partial charge in [0.25, 0.3) is 5.91 Å². The van der Waals surface area contributed by atoms with Gasteiger partial charge >= 0.3 is 6.18 Å². The molecule has 37 heavy (non-hydrogen) atoms. The van der Waals surface area contributed by atoms with Gasteiger partial charge in [-0.25, -0.2) is 0 Å². The third-order valence-corrected chi connectivity index (χ3v) is 6.81. The zero-order chi connectivity index (χ0) is 26.2. The summed E-state index contributed by atoms with van der Waals surface area (Å²) in [6.45, 7) is 1.74. The molecule has 0 radical (unpaired) electrons. The molecular formula is C29H24F3N3O2. The number of hydrogen-bond donors (Lipinski definition) is 2. The maximum atomic E-state index is 13.6. The highest BCUT2D eigenvalue weighted by molar-refractivity contribution is 6.10. The predicted molar refractivity (Wildman–Crippen MR) is 133 cm³/mol. The number of rotatable bonds is 4. The van der Waals surface area contributed by atoms with Crippen molar-refractivity contribution in [3.05, 3.63) is 118 Å². The minimum Gasteiger partial charge on any atom is -0.362 e. The number of nitrogens with zero attached hydrogens (tertiary/aromatic N) is 1. The molecular weight excluding hydrogens is 479 g/mol. The van der Waals surface area contributed by atoms with Gasteiger partial charge in [-0.3, -0.25) is 14.6 Å². The molecule has 2 aliphatic rings. The van der Waals surface area contributed by atoms with Crippen molar-refractivity contribution < 1.29 is 22.8 Å². The minimum absolute atomic E-state index is 0.00258. The number of nitrogens with one attached hydrogen (secondary N) is 2. The van der Waals surface area contributed by atoms with Gasteiger partial charge in [0.05, 0.1) is 5.56 Å². The average molecular weight is 504 g/mol. The van der Waals surface area contributed by atoms with Crippen molar-refractivity contribution >= 4 is 17.4 Å². The van der Waals surface area contributed by atoms with Gasteiger partial charge in [-0.2, -0.15) is 13.2 Å². The average Bonchev–Trinajstić information content (AvgIpc) is 2.88. The van der Waals surface area contributed by atoms with Gasteiger partial charge in [-0.15, -0.1) is 0 Å². The van der Waals surface area contributed by atoms with Crippen molar-refractivity contribution in [1.82, 2.24) is 10.3 Å². The van der Waals surface area contributed by atoms with Gasteiger partial charge in [0.1, 0.15) is 0 Å². The number of allylic oxidation sites excluding steroid dienone is 3. The number of pyridine rings is 1. The predicted octanol–water partition coefficient (Wildman–Crippen LogP) is 6.10. The van der Waals surface area contributed by atoms with Gasteiger partial charge in [-0.05, 0) is 54.7 Å². The minimum atomic E-state index is -4.54. The van der Waals surface area contributed by atoms with E-state index >= 15 is 0 Å². The maximum Gasteiger partial charge on any atom is 0.416 e. The smallest absolute Gasteiger partial charge is 0.362 e. The summed E-state index contributed by atoms with van der Waals surface area (Å²) in [4.78, 5) is 31.3. The van der Waals surface area contributed by atoms with Crippen molar-refractivity contribution in [1.29, 1.82) is 0 Å². The first-order chi connectivity index (χ1) is 17.7. The molecule has 2 N–H and O–H groups in total. The molecule has 5 nitrogen and oxygen atoms in total. The molecule has 5 rings (SSSR count). The van der Waals surface area contributed by atoms with Crippen LogP contribution < -0.4 is 10.6 Å². The summed E-state index contributed by atoms with van der Waals surface area (Å²) < 4.78 is 39.6. The molecule has 0 unspecified atom stereocenters. The highest BCUT2D eigenvalue weighted by Gasteiger charge is 2.41. The first-order valence-electron chi connectivity index (χ1n) is 11.9. The molecule has 1 aromatic heterocycles. The van der Waals surface area contributed by atoms with E-state index in [9.17, 15) is 22.8 Å². The van der Waals surface area contributed by atoms with Gasteiger partial charge in [0.2, 0.25) is 0 Å². The van der Waals surface area contributed by atoms with Crippen LogP contribution in [0.4, 0.5) is 18.9 Å². The van der Waals surface area contributed by atoms with Crippen LogP contribution in [-0.2, 0) is 15.8 Å². The summed E-state index contributed by atoms with van der Waals surface area (Å²) in [6.07, 6.45) is -0.427. The molecule has 1 aliphatic carbocycles. The molecule has 3 aromatic rings. The van der Waals surface area contributed by atoms with Gasteiger partial charge in [0.15, 0.2) is 5.78 Å². The van der Waals surface area contributed by atoms with Crippen molar-refractivity contribution in [2.24, 2.45) is 0 Å². The lowest BCUT2D eigenvalue weighted by atomic mass is 9.72. The molecule has 8 heteroatoms. The van der Waals surface area contributed by atoms with Crippen molar-refractivity contribution in [3.8, 4) is 0 Å². The molecule has 0 spiro atoms. The second-order valence-electron chi connectivity index (χ2n) is 9.25. The van der Waals surface area contributed by atoms with Crippen LogP contribution in [0.2, 0.25) is 0 Å². The second-order valence-corrected chi connectivity index (χ2v) is 9.25. The Kier molecular flexibility index (Phi) is 6.41. The van der Waals surface area contributed by atoms with Crippen molar-refractivity contribution in [2.45, 2.75) is 37.8 Å². The number of Topliss-reactive ketones (excluding diaryl/α,β-unsaturated/α-hetero) is 1. The van der Waals surface area contributed by atoms with Crippen LogP contribution in [-0.4, -0.2) is 16.7 Å². The fourth-order valence-electron chi connectivity index (χ4n) is 5.15. The van der Waals surface area contributed by atoms with Crippen LogP contribution in [0.3, 0.4) is 0 Å². The normalized spacial score (nSPS) is 19.8. The summed E-state index contributed by atoms with van der Waals surface area (Å²) in [7, 11) is 0. The van der Waals surface area contributed by atoms with Crippen LogP contribution in [0.1, 0.15) is 48.3 Å². The zero-order valence-corrected chi connectivity index (χ0v) is 20.0. The maximum absolute atomic E-state index is 13.6. The summed E-state index contributed by atoms with van der Waals surface area (Å²) in [5.74, 6) is -1.35. The van der Waals surface area contributed by atoms with E-state index < -0.39 is 23.6 Å². The Morgan fingerprint density at radius 1 is 1.00 bits per heavy atom. The lowest BCUT2D eigenvalue weighted by Gasteiger charge is -2.37. The number of amides is 1. The van der Waals surface area contributed by atoms with E-state index in [1.165, 1.54) is 12.1 Å². The Balaban J connectivity index is 1.52. The topological polar surface area (TPSA) is 71.1 Å². The highest BCUT2D eigenvalue weighted by Crippen LogP contribution is 2.45. The number of hydrogen-bond acceptors (Lipinski definition) is 4. The molecule has 0 saturated heterocycles. The molecule has 2 aromatic carbocycles. The van der Waals surface area contributed by atoms with E-state index in [4.69, 9.17) is 0 Å². The Morgan fingerprint density at radius 2 is 1.76 bits per heavy atom. The molecule has 1 aliphatic heterocycles.